The normalized spacial score (nSPS) is 19.0. The van der Waals surface area contributed by atoms with Crippen LogP contribution in [0.2, 0.25) is 0 Å². The van der Waals surface area contributed by atoms with Crippen molar-refractivity contribution >= 4 is 39.7 Å². The van der Waals surface area contributed by atoms with E-state index in [-0.39, 0.29) is 24.4 Å². The second-order valence-corrected chi connectivity index (χ2v) is 14.3. The van der Waals surface area contributed by atoms with E-state index in [4.69, 9.17) is 9.97 Å². The number of amides is 3. The number of nitrogens with one attached hydrogen (secondary N) is 3. The van der Waals surface area contributed by atoms with Gasteiger partial charge in [-0.05, 0) is 85.1 Å². The Morgan fingerprint density at radius 3 is 2.65 bits per heavy atom. The van der Waals surface area contributed by atoms with Crippen LogP contribution in [-0.2, 0) is 33.7 Å². The highest BCUT2D eigenvalue weighted by Gasteiger charge is 2.49. The molecule has 11 heteroatoms. The molecule has 1 aliphatic heterocycles. The number of fused-ring (bicyclic) bond motifs is 8. The average molecular weight is 688 g/mol. The molecule has 3 aliphatic rings. The molecule has 2 aliphatic carbocycles. The lowest BCUT2D eigenvalue weighted by Gasteiger charge is -2.34. The molecule has 2 fully saturated rings. The zero-order valence-electron chi connectivity index (χ0n) is 29.6. The van der Waals surface area contributed by atoms with Crippen LogP contribution in [0.1, 0.15) is 81.3 Å². The SMILES string of the molecule is CCCC(=O)N1[C@@H]2CC[C@@H](C2)[C@H]1c1nc2c([nH]1)CCc1cc(-c3ccc4c(ccc5[nH]c(CN(CCC)C(=O)CNC(=O)OC)nc54)c3)ccc1-2. The molecule has 3 amide bonds. The van der Waals surface area contributed by atoms with Crippen molar-refractivity contribution in [1.29, 1.82) is 0 Å². The van der Waals surface area contributed by atoms with Crippen molar-refractivity contribution in [2.24, 2.45) is 5.92 Å². The van der Waals surface area contributed by atoms with Crippen LogP contribution in [0.25, 0.3) is 44.2 Å². The van der Waals surface area contributed by atoms with Gasteiger partial charge in [0.25, 0.3) is 0 Å². The molecule has 3 aromatic carbocycles. The van der Waals surface area contributed by atoms with Crippen molar-refractivity contribution < 1.29 is 19.1 Å². The molecule has 0 unspecified atom stereocenters. The molecule has 11 nitrogen and oxygen atoms in total. The van der Waals surface area contributed by atoms with Crippen molar-refractivity contribution in [3.05, 3.63) is 71.4 Å². The van der Waals surface area contributed by atoms with E-state index >= 15 is 0 Å². The molecule has 0 radical (unpaired) electrons. The van der Waals surface area contributed by atoms with Crippen molar-refractivity contribution in [2.45, 2.75) is 83.8 Å². The Kier molecular flexibility index (Phi) is 8.73. The molecule has 5 aromatic rings. The summed E-state index contributed by atoms with van der Waals surface area (Å²) in [5, 5.41) is 4.60. The first kappa shape index (κ1) is 33.0. The Bertz CT molecular complexity index is 2150. The number of aromatic nitrogens is 4. The smallest absolute Gasteiger partial charge is 0.407 e. The molecule has 3 N–H and O–H groups in total. The standard InChI is InChI=1S/C40H45N7O4/c1-4-6-34(48)47-28-12-7-27(20-28)38(47)39-43-32-16-11-26-19-24(9-14-30(26)37(32)45-39)23-8-13-29-25(18-23)10-15-31-36(29)44-33(42-31)22-46(17-5-2)35(49)21-41-40(50)51-3/h8-10,13-15,18-19,27-28,38H,4-7,11-12,16-17,20-22H2,1-3H3,(H,41,50)(H,42,44)(H,43,45)/t27-,28+,38-/m0/s1. The van der Waals surface area contributed by atoms with Gasteiger partial charge in [0.2, 0.25) is 11.8 Å². The summed E-state index contributed by atoms with van der Waals surface area (Å²) in [6.45, 7) is 4.82. The molecule has 1 saturated heterocycles. The van der Waals surface area contributed by atoms with Crippen molar-refractivity contribution in [2.75, 3.05) is 20.2 Å². The Hall–Kier alpha value is -5.19. The highest BCUT2D eigenvalue weighted by molar-refractivity contribution is 6.05. The van der Waals surface area contributed by atoms with Gasteiger partial charge in [-0.25, -0.2) is 14.8 Å². The van der Waals surface area contributed by atoms with Crippen molar-refractivity contribution in [1.82, 2.24) is 35.1 Å². The van der Waals surface area contributed by atoms with E-state index in [1.807, 2.05) is 13.0 Å². The fourth-order valence-corrected chi connectivity index (χ4v) is 8.67. The minimum atomic E-state index is -0.634. The van der Waals surface area contributed by atoms with Gasteiger partial charge in [0.15, 0.2) is 0 Å². The Morgan fingerprint density at radius 1 is 0.980 bits per heavy atom. The quantitative estimate of drug-likeness (QED) is 0.148. The second kappa shape index (κ2) is 13.5. The highest BCUT2D eigenvalue weighted by Crippen LogP contribution is 2.50. The fraction of sp³-hybridized carbons (Fsp3) is 0.425. The summed E-state index contributed by atoms with van der Waals surface area (Å²) < 4.78 is 4.60. The number of benzene rings is 3. The molecule has 2 aromatic heterocycles. The van der Waals surface area contributed by atoms with Gasteiger partial charge in [-0.15, -0.1) is 0 Å². The molecule has 51 heavy (non-hydrogen) atoms. The molecule has 3 atom stereocenters. The number of piperidine rings is 1. The third-order valence-electron chi connectivity index (χ3n) is 11.0. The number of aryl methyl sites for hydroxylation is 2. The lowest BCUT2D eigenvalue weighted by Crippen LogP contribution is -2.40. The lowest BCUT2D eigenvalue weighted by atomic mass is 9.89. The maximum atomic E-state index is 13.2. The van der Waals surface area contributed by atoms with Gasteiger partial charge in [0, 0.05) is 35.7 Å². The van der Waals surface area contributed by atoms with E-state index < -0.39 is 6.09 Å². The second-order valence-electron chi connectivity index (χ2n) is 14.3. The number of nitrogens with zero attached hydrogens (tertiary/aromatic N) is 4. The van der Waals surface area contributed by atoms with Gasteiger partial charge in [-0.3, -0.25) is 9.59 Å². The van der Waals surface area contributed by atoms with Gasteiger partial charge < -0.3 is 29.8 Å². The van der Waals surface area contributed by atoms with Crippen LogP contribution in [0.3, 0.4) is 0 Å². The number of carbonyl (C=O) groups excluding carboxylic acids is 3. The minimum absolute atomic E-state index is 0.0684. The molecule has 264 valence electrons. The summed E-state index contributed by atoms with van der Waals surface area (Å²) >= 11 is 0. The first-order chi connectivity index (χ1) is 24.8. The molecule has 3 heterocycles. The number of imidazole rings is 2. The maximum Gasteiger partial charge on any atom is 0.407 e. The van der Waals surface area contributed by atoms with Crippen LogP contribution < -0.4 is 5.32 Å². The van der Waals surface area contributed by atoms with E-state index in [1.54, 1.807) is 4.90 Å². The monoisotopic (exact) mass is 687 g/mol. The summed E-state index contributed by atoms with van der Waals surface area (Å²) in [4.78, 5) is 58.6. The summed E-state index contributed by atoms with van der Waals surface area (Å²) in [7, 11) is 1.27. The molecule has 0 spiro atoms. The summed E-state index contributed by atoms with van der Waals surface area (Å²) in [5.41, 5.74) is 8.78. The van der Waals surface area contributed by atoms with Gasteiger partial charge >= 0.3 is 6.09 Å². The van der Waals surface area contributed by atoms with Crippen LogP contribution >= 0.6 is 0 Å². The zero-order chi connectivity index (χ0) is 35.2. The van der Waals surface area contributed by atoms with Gasteiger partial charge in [-0.1, -0.05) is 50.2 Å². The molecule has 2 bridgehead atoms. The maximum absolute atomic E-state index is 13.2. The number of aromatic amines is 2. The predicted octanol–water partition coefficient (Wildman–Crippen LogP) is 6.82. The number of alkyl carbamates (subject to hydrolysis) is 1. The lowest BCUT2D eigenvalue weighted by molar-refractivity contribution is -0.136. The van der Waals surface area contributed by atoms with Gasteiger partial charge in [0.05, 0.1) is 36.4 Å². The fourth-order valence-electron chi connectivity index (χ4n) is 8.67. The minimum Gasteiger partial charge on any atom is -0.453 e. The Morgan fingerprint density at radius 2 is 1.82 bits per heavy atom. The third-order valence-corrected chi connectivity index (χ3v) is 11.0. The average Bonchev–Trinajstić information content (AvgIpc) is 3.96. The topological polar surface area (TPSA) is 136 Å². The van der Waals surface area contributed by atoms with Crippen LogP contribution in [0.5, 0.6) is 0 Å². The van der Waals surface area contributed by atoms with Crippen LogP contribution in [0.15, 0.2) is 48.5 Å². The number of carbonyl (C=O) groups is 3. The molecular weight excluding hydrogens is 642 g/mol. The number of hydrogen-bond acceptors (Lipinski definition) is 6. The van der Waals surface area contributed by atoms with Crippen LogP contribution in [0, 0.1) is 5.92 Å². The number of rotatable bonds is 10. The van der Waals surface area contributed by atoms with Crippen molar-refractivity contribution in [3.8, 4) is 22.4 Å². The largest absolute Gasteiger partial charge is 0.453 e. The van der Waals surface area contributed by atoms with Crippen LogP contribution in [0.4, 0.5) is 4.79 Å². The molecular formula is C40H45N7O4. The summed E-state index contributed by atoms with van der Waals surface area (Å²) in [5.74, 6) is 2.23. The van der Waals surface area contributed by atoms with E-state index in [0.717, 1.165) is 83.0 Å². The highest BCUT2D eigenvalue weighted by atomic mass is 16.5. The number of H-pyrrole nitrogens is 2. The predicted molar refractivity (Wildman–Crippen MR) is 196 cm³/mol. The molecule has 1 saturated carbocycles. The third kappa shape index (κ3) is 6.02. The first-order valence-corrected chi connectivity index (χ1v) is 18.4. The van der Waals surface area contributed by atoms with Gasteiger partial charge in [0.1, 0.15) is 18.2 Å². The van der Waals surface area contributed by atoms with Crippen molar-refractivity contribution in [3.63, 3.8) is 0 Å². The van der Waals surface area contributed by atoms with E-state index in [9.17, 15) is 14.4 Å². The van der Waals surface area contributed by atoms with E-state index in [1.165, 1.54) is 30.4 Å². The summed E-state index contributed by atoms with van der Waals surface area (Å²) in [6, 6.07) is 17.8. The number of hydrogen-bond donors (Lipinski definition) is 3. The molecule has 8 rings (SSSR count). The first-order valence-electron chi connectivity index (χ1n) is 18.4. The van der Waals surface area contributed by atoms with Crippen LogP contribution in [-0.4, -0.2) is 73.9 Å². The Labute approximate surface area is 297 Å². The van der Waals surface area contributed by atoms with Gasteiger partial charge in [-0.2, -0.15) is 0 Å². The van der Waals surface area contributed by atoms with E-state index in [2.05, 4.69) is 74.3 Å². The summed E-state index contributed by atoms with van der Waals surface area (Å²) in [6.07, 6.45) is 6.85. The van der Waals surface area contributed by atoms with E-state index in [0.29, 0.717) is 37.3 Å². The number of ether oxygens (including phenoxy) is 1. The number of methoxy groups -OCH3 is 1. The Balaban J connectivity index is 1.03. The number of likely N-dealkylation sites (tertiary alicyclic amines) is 1. The zero-order valence-corrected chi connectivity index (χ0v) is 29.6.